The van der Waals surface area contributed by atoms with Crippen molar-refractivity contribution in [2.24, 2.45) is 0 Å². The highest BCUT2D eigenvalue weighted by Crippen LogP contribution is 2.29. The number of esters is 1. The van der Waals surface area contributed by atoms with E-state index < -0.39 is 29.7 Å². The topological polar surface area (TPSA) is 79.2 Å². The zero-order valence-corrected chi connectivity index (χ0v) is 14.2. The van der Waals surface area contributed by atoms with Gasteiger partial charge in [-0.1, -0.05) is 12.1 Å². The Hall–Kier alpha value is -3.34. The second-order valence-corrected chi connectivity index (χ2v) is 5.64. The van der Waals surface area contributed by atoms with E-state index in [-0.39, 0.29) is 12.0 Å². The molecule has 0 radical (unpaired) electrons. The molecule has 0 aliphatic rings. The van der Waals surface area contributed by atoms with Crippen LogP contribution in [0.1, 0.15) is 27.0 Å². The molecular weight excluding hydrogens is 361 g/mol. The number of carbonyl (C=O) groups is 2. The van der Waals surface area contributed by atoms with E-state index in [1.807, 2.05) is 6.07 Å². The van der Waals surface area contributed by atoms with Crippen molar-refractivity contribution in [3.63, 3.8) is 0 Å². The van der Waals surface area contributed by atoms with Gasteiger partial charge in [0.25, 0.3) is 5.91 Å². The highest BCUT2D eigenvalue weighted by Gasteiger charge is 2.30. The number of nitriles is 1. The highest BCUT2D eigenvalue weighted by atomic mass is 19.4. The van der Waals surface area contributed by atoms with Crippen LogP contribution < -0.4 is 5.32 Å². The molecule has 1 N–H and O–H groups in total. The molecule has 2 aromatic rings. The number of alkyl halides is 3. The number of hydrogen-bond acceptors (Lipinski definition) is 4. The molecule has 0 unspecified atom stereocenters. The summed E-state index contributed by atoms with van der Waals surface area (Å²) in [6.07, 6.45) is -4.44. The molecule has 2 aromatic carbocycles. The lowest BCUT2D eigenvalue weighted by Gasteiger charge is -2.17. The lowest BCUT2D eigenvalue weighted by Crippen LogP contribution is -2.43. The van der Waals surface area contributed by atoms with Gasteiger partial charge in [0, 0.05) is 12.0 Å². The van der Waals surface area contributed by atoms with E-state index in [4.69, 9.17) is 5.26 Å². The van der Waals surface area contributed by atoms with Gasteiger partial charge in [-0.15, -0.1) is 0 Å². The number of amides is 1. The molecule has 27 heavy (non-hydrogen) atoms. The van der Waals surface area contributed by atoms with Crippen molar-refractivity contribution in [2.45, 2.75) is 18.6 Å². The number of nitrogens with one attached hydrogen (secondary N) is 1. The smallest absolute Gasteiger partial charge is 0.416 e. The summed E-state index contributed by atoms with van der Waals surface area (Å²) in [5.74, 6) is -1.42. The standard InChI is InChI=1S/C19H15F3N2O3/c1-27-18(26)16(10-12-3-2-4-13(9-12)11-23)24-17(25)14-5-7-15(8-6-14)19(20,21)22/h2-9,16H,10H2,1H3,(H,24,25)/t16-/m0/s1. The van der Waals surface area contributed by atoms with Crippen LogP contribution in [0.5, 0.6) is 0 Å². The summed E-state index contributed by atoms with van der Waals surface area (Å²) in [6.45, 7) is 0. The second kappa shape index (κ2) is 8.36. The normalized spacial score (nSPS) is 12.0. The molecule has 0 spiro atoms. The second-order valence-electron chi connectivity index (χ2n) is 5.64. The molecule has 0 saturated heterocycles. The number of benzene rings is 2. The van der Waals surface area contributed by atoms with E-state index >= 15 is 0 Å². The first-order valence-corrected chi connectivity index (χ1v) is 7.79. The number of methoxy groups -OCH3 is 1. The minimum absolute atomic E-state index is 0.0253. The van der Waals surface area contributed by atoms with Gasteiger partial charge in [-0.2, -0.15) is 18.4 Å². The number of nitrogens with zero attached hydrogens (tertiary/aromatic N) is 1. The SMILES string of the molecule is COC(=O)[C@H](Cc1cccc(C#N)c1)NC(=O)c1ccc(C(F)(F)F)cc1. The first-order chi connectivity index (χ1) is 12.7. The average molecular weight is 376 g/mol. The van der Waals surface area contributed by atoms with Crippen LogP contribution >= 0.6 is 0 Å². The molecule has 0 aliphatic carbocycles. The molecule has 0 aromatic heterocycles. The Morgan fingerprint density at radius 1 is 1.19 bits per heavy atom. The molecule has 0 aliphatic heterocycles. The van der Waals surface area contributed by atoms with Crippen molar-refractivity contribution < 1.29 is 27.5 Å². The molecule has 0 bridgehead atoms. The summed E-state index contributed by atoms with van der Waals surface area (Å²) in [5.41, 5.74) is 0.113. The van der Waals surface area contributed by atoms with Gasteiger partial charge in [-0.25, -0.2) is 4.79 Å². The third-order valence-electron chi connectivity index (χ3n) is 3.76. The Kier molecular flexibility index (Phi) is 6.19. The monoisotopic (exact) mass is 376 g/mol. The zero-order valence-electron chi connectivity index (χ0n) is 14.2. The predicted octanol–water partition coefficient (Wildman–Crippen LogP) is 3.09. The Bertz CT molecular complexity index is 871. The zero-order chi connectivity index (χ0) is 20.0. The quantitative estimate of drug-likeness (QED) is 0.814. The minimum Gasteiger partial charge on any atom is -0.467 e. The van der Waals surface area contributed by atoms with Gasteiger partial charge in [0.05, 0.1) is 24.3 Å². The molecule has 0 heterocycles. The van der Waals surface area contributed by atoms with Crippen molar-refractivity contribution in [3.8, 4) is 6.07 Å². The van der Waals surface area contributed by atoms with Gasteiger partial charge in [0.1, 0.15) is 6.04 Å². The van der Waals surface area contributed by atoms with E-state index in [2.05, 4.69) is 10.1 Å². The largest absolute Gasteiger partial charge is 0.467 e. The van der Waals surface area contributed by atoms with E-state index in [0.717, 1.165) is 31.4 Å². The van der Waals surface area contributed by atoms with Crippen LogP contribution in [0.15, 0.2) is 48.5 Å². The van der Waals surface area contributed by atoms with Crippen LogP contribution in [-0.2, 0) is 22.1 Å². The van der Waals surface area contributed by atoms with E-state index in [1.54, 1.807) is 24.3 Å². The maximum atomic E-state index is 12.6. The van der Waals surface area contributed by atoms with Crippen molar-refractivity contribution in [3.05, 3.63) is 70.8 Å². The van der Waals surface area contributed by atoms with Gasteiger partial charge >= 0.3 is 12.1 Å². The number of rotatable bonds is 5. The lowest BCUT2D eigenvalue weighted by molar-refractivity contribution is -0.142. The number of ether oxygens (including phenoxy) is 1. The van der Waals surface area contributed by atoms with Crippen LogP contribution in [0.25, 0.3) is 0 Å². The molecule has 0 saturated carbocycles. The fourth-order valence-corrected chi connectivity index (χ4v) is 2.39. The summed E-state index contributed by atoms with van der Waals surface area (Å²) in [7, 11) is 1.16. The van der Waals surface area contributed by atoms with Crippen molar-refractivity contribution in [1.29, 1.82) is 5.26 Å². The summed E-state index contributed by atoms with van der Waals surface area (Å²) in [6, 6.07) is 11.0. The van der Waals surface area contributed by atoms with Gasteiger partial charge in [0.15, 0.2) is 0 Å². The van der Waals surface area contributed by atoms with E-state index in [9.17, 15) is 22.8 Å². The molecule has 8 heteroatoms. The summed E-state index contributed by atoms with van der Waals surface area (Å²) < 4.78 is 42.5. The van der Waals surface area contributed by atoms with E-state index in [1.165, 1.54) is 0 Å². The molecular formula is C19H15F3N2O3. The van der Waals surface area contributed by atoms with Crippen LogP contribution in [0.4, 0.5) is 13.2 Å². The van der Waals surface area contributed by atoms with Gasteiger partial charge < -0.3 is 10.1 Å². The molecule has 2 rings (SSSR count). The average Bonchev–Trinajstić information content (AvgIpc) is 2.66. The Labute approximate surface area is 153 Å². The van der Waals surface area contributed by atoms with Crippen molar-refractivity contribution >= 4 is 11.9 Å². The summed E-state index contributed by atoms with van der Waals surface area (Å²) in [5, 5.41) is 11.4. The lowest BCUT2D eigenvalue weighted by atomic mass is 10.0. The van der Waals surface area contributed by atoms with Crippen LogP contribution in [0, 0.1) is 11.3 Å². The third kappa shape index (κ3) is 5.31. The fraction of sp³-hybridized carbons (Fsp3) is 0.211. The molecule has 0 fully saturated rings. The number of carbonyl (C=O) groups excluding carboxylic acids is 2. The molecule has 5 nitrogen and oxygen atoms in total. The van der Waals surface area contributed by atoms with Gasteiger partial charge in [-0.3, -0.25) is 4.79 Å². The maximum absolute atomic E-state index is 12.6. The minimum atomic E-state index is -4.50. The molecule has 1 amide bonds. The first-order valence-electron chi connectivity index (χ1n) is 7.79. The predicted molar refractivity (Wildman–Crippen MR) is 89.6 cm³/mol. The maximum Gasteiger partial charge on any atom is 0.416 e. The Balaban J connectivity index is 2.16. The summed E-state index contributed by atoms with van der Waals surface area (Å²) >= 11 is 0. The van der Waals surface area contributed by atoms with Crippen LogP contribution in [0.3, 0.4) is 0 Å². The summed E-state index contributed by atoms with van der Waals surface area (Å²) in [4.78, 5) is 24.3. The fourth-order valence-electron chi connectivity index (χ4n) is 2.39. The third-order valence-corrected chi connectivity index (χ3v) is 3.76. The highest BCUT2D eigenvalue weighted by molar-refractivity contribution is 5.96. The van der Waals surface area contributed by atoms with Gasteiger partial charge in [-0.05, 0) is 42.0 Å². The molecule has 1 atom stereocenters. The molecule has 140 valence electrons. The van der Waals surface area contributed by atoms with Gasteiger partial charge in [0.2, 0.25) is 0 Å². The first kappa shape index (κ1) is 20.0. The van der Waals surface area contributed by atoms with Crippen LogP contribution in [0.2, 0.25) is 0 Å². The van der Waals surface area contributed by atoms with Crippen molar-refractivity contribution in [2.75, 3.05) is 7.11 Å². The van der Waals surface area contributed by atoms with Crippen molar-refractivity contribution in [1.82, 2.24) is 5.32 Å². The number of hydrogen-bond donors (Lipinski definition) is 1. The number of halogens is 3. The Morgan fingerprint density at radius 2 is 1.85 bits per heavy atom. The van der Waals surface area contributed by atoms with E-state index in [0.29, 0.717) is 11.1 Å². The van der Waals surface area contributed by atoms with Crippen LogP contribution in [-0.4, -0.2) is 25.0 Å². The Morgan fingerprint density at radius 3 is 2.41 bits per heavy atom.